The largest absolute Gasteiger partial charge is 0.548 e. The highest BCUT2D eigenvalue weighted by Crippen LogP contribution is 2.20. The number of likely N-dealkylation sites (tertiary alicyclic amines) is 1. The summed E-state index contributed by atoms with van der Waals surface area (Å²) >= 11 is 0. The molecule has 1 fully saturated rings. The maximum Gasteiger partial charge on any atom is 0.281 e. The molecule has 0 aliphatic carbocycles. The van der Waals surface area contributed by atoms with Crippen molar-refractivity contribution in [3.63, 3.8) is 0 Å². The Kier molecular flexibility index (Phi) is 7.66. The van der Waals surface area contributed by atoms with E-state index in [4.69, 9.17) is 0 Å². The van der Waals surface area contributed by atoms with Crippen molar-refractivity contribution in [1.82, 2.24) is 10.2 Å². The van der Waals surface area contributed by atoms with Crippen LogP contribution in [0, 0.1) is 11.8 Å². The first-order valence-corrected chi connectivity index (χ1v) is 8.89. The molecule has 7 heteroatoms. The fourth-order valence-corrected chi connectivity index (χ4v) is 2.96. The minimum Gasteiger partial charge on any atom is -0.548 e. The van der Waals surface area contributed by atoms with Gasteiger partial charge >= 0.3 is 0 Å². The highest BCUT2D eigenvalue weighted by molar-refractivity contribution is 5.91. The normalized spacial score (nSPS) is 22.5. The van der Waals surface area contributed by atoms with Crippen molar-refractivity contribution in [2.75, 3.05) is 6.54 Å². The van der Waals surface area contributed by atoms with Crippen LogP contribution < -0.4 is 16.2 Å². The lowest BCUT2D eigenvalue weighted by Gasteiger charge is -2.30. The van der Waals surface area contributed by atoms with Gasteiger partial charge in [-0.25, -0.2) is 0 Å². The van der Waals surface area contributed by atoms with E-state index in [0.717, 1.165) is 12.8 Å². The zero-order valence-corrected chi connectivity index (χ0v) is 15.2. The monoisotopic (exact) mass is 341 g/mol. The smallest absolute Gasteiger partial charge is 0.281 e. The summed E-state index contributed by atoms with van der Waals surface area (Å²) in [5.41, 5.74) is 3.95. The van der Waals surface area contributed by atoms with Gasteiger partial charge in [0, 0.05) is 12.5 Å². The number of rotatable bonds is 8. The van der Waals surface area contributed by atoms with E-state index < -0.39 is 30.0 Å². The lowest BCUT2D eigenvalue weighted by atomic mass is 9.97. The molecule has 1 heterocycles. The van der Waals surface area contributed by atoms with Crippen LogP contribution in [0.1, 0.15) is 53.4 Å². The van der Waals surface area contributed by atoms with Crippen LogP contribution in [0.15, 0.2) is 0 Å². The molecule has 24 heavy (non-hydrogen) atoms. The Morgan fingerprint density at radius 1 is 1.21 bits per heavy atom. The van der Waals surface area contributed by atoms with Crippen LogP contribution in [0.4, 0.5) is 0 Å². The van der Waals surface area contributed by atoms with Crippen LogP contribution in [-0.2, 0) is 14.4 Å². The minimum atomic E-state index is -1.29. The molecule has 5 atom stereocenters. The van der Waals surface area contributed by atoms with Gasteiger partial charge in [0.25, 0.3) is 5.91 Å². The molecule has 4 N–H and O–H groups in total. The number of carboxylic acids is 1. The number of carboxylic acid groups (broad SMARTS) is 1. The summed E-state index contributed by atoms with van der Waals surface area (Å²) in [5.74, 6) is -1.92. The van der Waals surface area contributed by atoms with Gasteiger partial charge in [0.1, 0.15) is 6.04 Å². The maximum absolute atomic E-state index is 12.6. The Balaban J connectivity index is 2.82. The number of nitrogens with one attached hydrogen (secondary N) is 1. The summed E-state index contributed by atoms with van der Waals surface area (Å²) in [6, 6.07) is -2.04. The van der Waals surface area contributed by atoms with Gasteiger partial charge in [-0.1, -0.05) is 34.1 Å². The predicted molar refractivity (Wildman–Crippen MR) is 87.3 cm³/mol. The van der Waals surface area contributed by atoms with Gasteiger partial charge in [0.15, 0.2) is 6.04 Å². The zero-order valence-electron chi connectivity index (χ0n) is 15.2. The second-order valence-corrected chi connectivity index (χ2v) is 6.87. The third kappa shape index (κ3) is 4.69. The summed E-state index contributed by atoms with van der Waals surface area (Å²) in [5, 5.41) is 13.8. The highest BCUT2D eigenvalue weighted by Gasteiger charge is 2.39. The maximum atomic E-state index is 12.6. The molecule has 0 unspecified atom stereocenters. The highest BCUT2D eigenvalue weighted by atomic mass is 16.4. The molecule has 0 bridgehead atoms. The summed E-state index contributed by atoms with van der Waals surface area (Å²) < 4.78 is 0. The predicted octanol–water partition coefficient (Wildman–Crippen LogP) is -1.09. The first kappa shape index (κ1) is 20.4. The molecule has 0 saturated carbocycles. The van der Waals surface area contributed by atoms with Gasteiger partial charge in [-0.3, -0.25) is 9.59 Å². The number of hydrogen-bond acceptors (Lipinski definition) is 4. The molecule has 2 amide bonds. The van der Waals surface area contributed by atoms with Crippen molar-refractivity contribution in [2.24, 2.45) is 11.8 Å². The Bertz CT molecular complexity index is 469. The van der Waals surface area contributed by atoms with Crippen LogP contribution in [0.3, 0.4) is 0 Å². The van der Waals surface area contributed by atoms with E-state index >= 15 is 0 Å². The van der Waals surface area contributed by atoms with E-state index in [9.17, 15) is 19.5 Å². The average molecular weight is 341 g/mol. The van der Waals surface area contributed by atoms with Crippen LogP contribution in [-0.4, -0.2) is 47.4 Å². The molecule has 0 spiro atoms. The molecule has 0 aromatic rings. The number of nitrogens with zero attached hydrogens (tertiary/aromatic N) is 1. The number of quaternary nitrogens is 1. The number of amides is 2. The van der Waals surface area contributed by atoms with Crippen LogP contribution >= 0.6 is 0 Å². The second kappa shape index (κ2) is 9.01. The standard InChI is InChI=1S/C17H31N3O4/c1-5-10(3)13(18)16(22)20-9-7-8-12(20)15(21)19-14(17(23)24)11(4)6-2/h10-14H,5-9,18H2,1-4H3,(H,19,21)(H,23,24)/t10-,11-,12+,13-,14-/m0/s1. The quantitative estimate of drug-likeness (QED) is 0.583. The van der Waals surface area contributed by atoms with Crippen molar-refractivity contribution in [1.29, 1.82) is 0 Å². The van der Waals surface area contributed by atoms with Crippen molar-refractivity contribution in [2.45, 2.75) is 71.5 Å². The van der Waals surface area contributed by atoms with Gasteiger partial charge in [-0.05, 0) is 25.2 Å². The van der Waals surface area contributed by atoms with Crippen LogP contribution in [0.2, 0.25) is 0 Å². The van der Waals surface area contributed by atoms with E-state index in [1.807, 2.05) is 20.8 Å². The average Bonchev–Trinajstić information content (AvgIpc) is 3.05. The molecule has 7 nitrogen and oxygen atoms in total. The SMILES string of the molecule is CC[C@H](C)[C@H]([NH3+])C(=O)N1CCC[C@@H]1C(=O)N[C@H](C(=O)[O-])[C@@H](C)CC. The Morgan fingerprint density at radius 2 is 1.79 bits per heavy atom. The summed E-state index contributed by atoms with van der Waals surface area (Å²) in [6.45, 7) is 8.10. The fraction of sp³-hybridized carbons (Fsp3) is 0.824. The van der Waals surface area contributed by atoms with Gasteiger partial charge < -0.3 is 25.9 Å². The number of aliphatic carboxylic acids is 1. The number of carbonyl (C=O) groups excluding carboxylic acids is 3. The molecule has 1 rings (SSSR count). The van der Waals surface area contributed by atoms with Gasteiger partial charge in [-0.15, -0.1) is 0 Å². The molecular weight excluding hydrogens is 310 g/mol. The van der Waals surface area contributed by atoms with E-state index in [-0.39, 0.29) is 17.7 Å². The summed E-state index contributed by atoms with van der Waals surface area (Å²) in [4.78, 5) is 38.0. The topological polar surface area (TPSA) is 117 Å². The molecule has 1 saturated heterocycles. The van der Waals surface area contributed by atoms with Crippen LogP contribution in [0.25, 0.3) is 0 Å². The summed E-state index contributed by atoms with van der Waals surface area (Å²) in [7, 11) is 0. The van der Waals surface area contributed by atoms with Crippen molar-refractivity contribution < 1.29 is 25.2 Å². The Labute approximate surface area is 144 Å². The zero-order chi connectivity index (χ0) is 18.4. The third-order valence-corrected chi connectivity index (χ3v) is 5.25. The van der Waals surface area contributed by atoms with Crippen molar-refractivity contribution in [3.8, 4) is 0 Å². The van der Waals surface area contributed by atoms with E-state index in [2.05, 4.69) is 11.1 Å². The number of carbonyl (C=O) groups is 3. The lowest BCUT2D eigenvalue weighted by molar-refractivity contribution is -0.417. The van der Waals surface area contributed by atoms with E-state index in [1.54, 1.807) is 11.8 Å². The van der Waals surface area contributed by atoms with E-state index in [0.29, 0.717) is 19.4 Å². The van der Waals surface area contributed by atoms with Gasteiger partial charge in [0.2, 0.25) is 5.91 Å². The van der Waals surface area contributed by atoms with Crippen LogP contribution in [0.5, 0.6) is 0 Å². The second-order valence-electron chi connectivity index (χ2n) is 6.87. The van der Waals surface area contributed by atoms with Gasteiger partial charge in [0.05, 0.1) is 12.0 Å². The third-order valence-electron chi connectivity index (χ3n) is 5.25. The molecular formula is C17H31N3O4. The molecule has 0 aromatic heterocycles. The first-order valence-electron chi connectivity index (χ1n) is 8.89. The fourth-order valence-electron chi connectivity index (χ4n) is 2.96. The van der Waals surface area contributed by atoms with Gasteiger partial charge in [-0.2, -0.15) is 0 Å². The lowest BCUT2D eigenvalue weighted by Crippen LogP contribution is -2.71. The molecule has 1 aliphatic rings. The minimum absolute atomic E-state index is 0.129. The van der Waals surface area contributed by atoms with Crippen molar-refractivity contribution in [3.05, 3.63) is 0 Å². The molecule has 0 aromatic carbocycles. The Morgan fingerprint density at radius 3 is 2.29 bits per heavy atom. The molecule has 0 radical (unpaired) electrons. The molecule has 138 valence electrons. The summed E-state index contributed by atoms with van der Waals surface area (Å²) in [6.07, 6.45) is 2.73. The molecule has 1 aliphatic heterocycles. The van der Waals surface area contributed by atoms with Crippen molar-refractivity contribution >= 4 is 17.8 Å². The van der Waals surface area contributed by atoms with E-state index in [1.165, 1.54) is 0 Å². The first-order chi connectivity index (χ1) is 11.2. The number of hydrogen-bond donors (Lipinski definition) is 2. The Hall–Kier alpha value is -1.63.